The van der Waals surface area contributed by atoms with Crippen LogP contribution in [0.25, 0.3) is 0 Å². The van der Waals surface area contributed by atoms with Crippen LogP contribution >= 0.6 is 15.9 Å². The molecular formula is C14H15BrFNO3. The van der Waals surface area contributed by atoms with E-state index in [1.807, 2.05) is 0 Å². The van der Waals surface area contributed by atoms with Gasteiger partial charge in [-0.2, -0.15) is 0 Å². The van der Waals surface area contributed by atoms with Crippen LogP contribution in [-0.2, 0) is 9.59 Å². The van der Waals surface area contributed by atoms with Crippen molar-refractivity contribution in [2.75, 3.05) is 5.32 Å². The van der Waals surface area contributed by atoms with Gasteiger partial charge in [-0.3, -0.25) is 9.59 Å². The third-order valence-electron chi connectivity index (χ3n) is 3.90. The van der Waals surface area contributed by atoms with Crippen molar-refractivity contribution in [2.24, 2.45) is 17.3 Å². The first-order valence-electron chi connectivity index (χ1n) is 6.15. The number of benzene rings is 1. The van der Waals surface area contributed by atoms with Crippen LogP contribution in [0.3, 0.4) is 0 Å². The molecule has 1 aliphatic rings. The summed E-state index contributed by atoms with van der Waals surface area (Å²) < 4.78 is 13.6. The molecule has 1 amide bonds. The molecule has 6 heteroatoms. The van der Waals surface area contributed by atoms with Gasteiger partial charge in [0.05, 0.1) is 16.3 Å². The van der Waals surface area contributed by atoms with Crippen LogP contribution in [0.15, 0.2) is 16.6 Å². The Morgan fingerprint density at radius 2 is 1.95 bits per heavy atom. The molecule has 0 saturated heterocycles. The van der Waals surface area contributed by atoms with E-state index in [9.17, 15) is 14.0 Å². The van der Waals surface area contributed by atoms with Crippen molar-refractivity contribution in [3.05, 3.63) is 28.0 Å². The number of hydrogen-bond acceptors (Lipinski definition) is 2. The Labute approximate surface area is 124 Å². The first-order chi connectivity index (χ1) is 9.16. The molecule has 1 aliphatic carbocycles. The first kappa shape index (κ1) is 15.0. The van der Waals surface area contributed by atoms with E-state index in [-0.39, 0.29) is 10.4 Å². The topological polar surface area (TPSA) is 66.4 Å². The number of amides is 1. The maximum absolute atomic E-state index is 13.3. The lowest BCUT2D eigenvalue weighted by atomic mass is 10.1. The predicted octanol–water partition coefficient (Wildman–Crippen LogP) is 3.19. The quantitative estimate of drug-likeness (QED) is 0.885. The molecule has 1 aromatic rings. The standard InChI is InChI=1S/C14H15BrFNO3/c1-6-4-8(16)7(15)5-9(6)17-12(18)10-11(13(19)20)14(10,2)3/h4-5,10-11H,1-3H3,(H,17,18)(H,19,20)/t10-,11+/m1/s1. The lowest BCUT2D eigenvalue weighted by Crippen LogP contribution is -2.18. The van der Waals surface area contributed by atoms with Gasteiger partial charge in [0, 0.05) is 5.69 Å². The molecule has 0 heterocycles. The molecule has 0 aromatic heterocycles. The summed E-state index contributed by atoms with van der Waals surface area (Å²) in [5.74, 6) is -2.96. The van der Waals surface area contributed by atoms with Crippen LogP contribution in [0.2, 0.25) is 0 Å². The summed E-state index contributed by atoms with van der Waals surface area (Å²) in [4.78, 5) is 23.2. The maximum Gasteiger partial charge on any atom is 0.307 e. The SMILES string of the molecule is Cc1cc(F)c(Br)cc1NC(=O)[C@H]1[C@@H](C(=O)O)C1(C)C. The largest absolute Gasteiger partial charge is 0.481 e. The molecule has 1 fully saturated rings. The summed E-state index contributed by atoms with van der Waals surface area (Å²) in [7, 11) is 0. The fourth-order valence-electron chi connectivity index (χ4n) is 2.58. The van der Waals surface area contributed by atoms with E-state index in [0.29, 0.717) is 11.3 Å². The van der Waals surface area contributed by atoms with Crippen LogP contribution in [-0.4, -0.2) is 17.0 Å². The maximum atomic E-state index is 13.3. The van der Waals surface area contributed by atoms with Crippen molar-refractivity contribution in [3.8, 4) is 0 Å². The summed E-state index contributed by atoms with van der Waals surface area (Å²) in [5.41, 5.74) is 0.514. The minimum absolute atomic E-state index is 0.253. The minimum atomic E-state index is -0.966. The Balaban J connectivity index is 2.18. The molecule has 4 nitrogen and oxygen atoms in total. The monoisotopic (exact) mass is 343 g/mol. The van der Waals surface area contributed by atoms with Crippen molar-refractivity contribution < 1.29 is 19.1 Å². The Kier molecular flexibility index (Phi) is 3.62. The second kappa shape index (κ2) is 4.84. The number of carboxylic acid groups (broad SMARTS) is 1. The van der Waals surface area contributed by atoms with Crippen molar-refractivity contribution in [3.63, 3.8) is 0 Å². The highest BCUT2D eigenvalue weighted by molar-refractivity contribution is 9.10. The van der Waals surface area contributed by atoms with Crippen LogP contribution in [0.5, 0.6) is 0 Å². The van der Waals surface area contributed by atoms with Crippen molar-refractivity contribution in [1.82, 2.24) is 0 Å². The molecule has 0 aliphatic heterocycles. The molecule has 2 atom stereocenters. The lowest BCUT2D eigenvalue weighted by molar-refractivity contribution is -0.140. The van der Waals surface area contributed by atoms with Gasteiger partial charge in [0.1, 0.15) is 5.82 Å². The second-order valence-electron chi connectivity index (χ2n) is 5.69. The summed E-state index contributed by atoms with van der Waals surface area (Å²) in [6, 6.07) is 2.79. The number of aliphatic carboxylic acids is 1. The van der Waals surface area contributed by atoms with Crippen LogP contribution in [0, 0.1) is 30.0 Å². The average Bonchev–Trinajstić information content (AvgIpc) is 2.89. The number of anilines is 1. The number of carbonyl (C=O) groups is 2. The molecular weight excluding hydrogens is 329 g/mol. The zero-order chi connectivity index (χ0) is 15.2. The highest BCUT2D eigenvalue weighted by Crippen LogP contribution is 2.58. The Morgan fingerprint density at radius 3 is 2.45 bits per heavy atom. The van der Waals surface area contributed by atoms with Crippen molar-refractivity contribution >= 4 is 33.5 Å². The lowest BCUT2D eigenvalue weighted by Gasteiger charge is -2.10. The number of nitrogens with one attached hydrogen (secondary N) is 1. The van der Waals surface area contributed by atoms with Gasteiger partial charge in [-0.1, -0.05) is 13.8 Å². The molecule has 108 valence electrons. The Bertz CT molecular complexity index is 600. The van der Waals surface area contributed by atoms with Gasteiger partial charge in [0.2, 0.25) is 5.91 Å². The number of carboxylic acids is 1. The molecule has 2 rings (SSSR count). The predicted molar refractivity (Wildman–Crippen MR) is 75.9 cm³/mol. The van der Waals surface area contributed by atoms with E-state index in [4.69, 9.17) is 5.11 Å². The number of carbonyl (C=O) groups excluding carboxylic acids is 1. The summed E-state index contributed by atoms with van der Waals surface area (Å²) >= 11 is 3.06. The van der Waals surface area contributed by atoms with Crippen molar-refractivity contribution in [1.29, 1.82) is 0 Å². The van der Waals surface area contributed by atoms with E-state index in [2.05, 4.69) is 21.2 Å². The van der Waals surface area contributed by atoms with Crippen LogP contribution in [0.1, 0.15) is 19.4 Å². The summed E-state index contributed by atoms with van der Waals surface area (Å²) in [6.07, 6.45) is 0. The second-order valence-corrected chi connectivity index (χ2v) is 6.54. The van der Waals surface area contributed by atoms with Crippen LogP contribution in [0.4, 0.5) is 10.1 Å². The van der Waals surface area contributed by atoms with E-state index < -0.39 is 29.0 Å². The molecule has 1 saturated carbocycles. The van der Waals surface area contributed by atoms with E-state index in [1.54, 1.807) is 20.8 Å². The van der Waals surface area contributed by atoms with Gasteiger partial charge in [-0.15, -0.1) is 0 Å². The zero-order valence-corrected chi connectivity index (χ0v) is 12.9. The molecule has 0 bridgehead atoms. The van der Waals surface area contributed by atoms with Gasteiger partial charge in [0.15, 0.2) is 0 Å². The van der Waals surface area contributed by atoms with Gasteiger partial charge in [0.25, 0.3) is 0 Å². The number of aryl methyl sites for hydroxylation is 1. The normalized spacial score (nSPS) is 23.2. The Morgan fingerprint density at radius 1 is 1.35 bits per heavy atom. The summed E-state index contributed by atoms with van der Waals surface area (Å²) in [6.45, 7) is 5.19. The zero-order valence-electron chi connectivity index (χ0n) is 11.3. The molecule has 0 spiro atoms. The smallest absolute Gasteiger partial charge is 0.307 e. The van der Waals surface area contributed by atoms with Gasteiger partial charge >= 0.3 is 5.97 Å². The average molecular weight is 344 g/mol. The molecule has 1 aromatic carbocycles. The fourth-order valence-corrected chi connectivity index (χ4v) is 2.92. The molecule has 0 radical (unpaired) electrons. The van der Waals surface area contributed by atoms with Crippen molar-refractivity contribution in [2.45, 2.75) is 20.8 Å². The minimum Gasteiger partial charge on any atom is -0.481 e. The van der Waals surface area contributed by atoms with Crippen LogP contribution < -0.4 is 5.32 Å². The highest BCUT2D eigenvalue weighted by Gasteiger charge is 2.65. The van der Waals surface area contributed by atoms with E-state index in [1.165, 1.54) is 12.1 Å². The number of halogens is 2. The molecule has 0 unspecified atom stereocenters. The van der Waals surface area contributed by atoms with E-state index >= 15 is 0 Å². The number of hydrogen-bond donors (Lipinski definition) is 2. The van der Waals surface area contributed by atoms with Gasteiger partial charge in [-0.05, 0) is 46.0 Å². The van der Waals surface area contributed by atoms with E-state index in [0.717, 1.165) is 0 Å². The Hall–Kier alpha value is -1.43. The number of rotatable bonds is 3. The fraction of sp³-hybridized carbons (Fsp3) is 0.429. The first-order valence-corrected chi connectivity index (χ1v) is 6.95. The molecule has 2 N–H and O–H groups in total. The molecule has 20 heavy (non-hydrogen) atoms. The summed E-state index contributed by atoms with van der Waals surface area (Å²) in [5, 5.41) is 11.8. The third kappa shape index (κ3) is 2.44. The van der Waals surface area contributed by atoms with Gasteiger partial charge in [-0.25, -0.2) is 4.39 Å². The van der Waals surface area contributed by atoms with Gasteiger partial charge < -0.3 is 10.4 Å². The highest BCUT2D eigenvalue weighted by atomic mass is 79.9. The third-order valence-corrected chi connectivity index (χ3v) is 4.51.